The van der Waals surface area contributed by atoms with Gasteiger partial charge in [0, 0.05) is 10.0 Å². The van der Waals surface area contributed by atoms with Gasteiger partial charge >= 0.3 is 0 Å². The van der Waals surface area contributed by atoms with Crippen molar-refractivity contribution in [3.05, 3.63) is 63.6 Å². The largest absolute Gasteiger partial charge is 0.489 e. The molecule has 0 aliphatic carbocycles. The summed E-state index contributed by atoms with van der Waals surface area (Å²) in [6.45, 7) is 0.450. The molecular formula is C15H10BrClO2. The zero-order chi connectivity index (χ0) is 13.4. The molecule has 0 radical (unpaired) electrons. The maximum atomic E-state index is 11.9. The Morgan fingerprint density at radius 2 is 2.00 bits per heavy atom. The van der Waals surface area contributed by atoms with Gasteiger partial charge in [0.15, 0.2) is 0 Å². The van der Waals surface area contributed by atoms with Gasteiger partial charge in [0.1, 0.15) is 12.4 Å². The number of ether oxygens (including phenoxy) is 1. The molecule has 19 heavy (non-hydrogen) atoms. The molecule has 0 bridgehead atoms. The predicted octanol–water partition coefficient (Wildman–Crippen LogP) is 4.24. The van der Waals surface area contributed by atoms with E-state index in [2.05, 4.69) is 15.9 Å². The second-order valence-electron chi connectivity index (χ2n) is 4.41. The van der Waals surface area contributed by atoms with Crippen molar-refractivity contribution in [1.82, 2.24) is 0 Å². The Bertz CT molecular complexity index is 654. The summed E-state index contributed by atoms with van der Waals surface area (Å²) in [6, 6.07) is 13.4. The molecule has 0 amide bonds. The van der Waals surface area contributed by atoms with Crippen LogP contribution in [0.4, 0.5) is 0 Å². The van der Waals surface area contributed by atoms with Crippen LogP contribution in [0.5, 0.6) is 5.75 Å². The van der Waals surface area contributed by atoms with Crippen LogP contribution in [0.3, 0.4) is 0 Å². The molecule has 96 valence electrons. The van der Waals surface area contributed by atoms with Crippen LogP contribution in [0, 0.1) is 0 Å². The van der Waals surface area contributed by atoms with Gasteiger partial charge < -0.3 is 4.74 Å². The van der Waals surface area contributed by atoms with Crippen LogP contribution < -0.4 is 4.74 Å². The fourth-order valence-electron chi connectivity index (χ4n) is 2.39. The molecule has 0 fully saturated rings. The molecule has 0 spiro atoms. The van der Waals surface area contributed by atoms with Crippen molar-refractivity contribution in [2.45, 2.75) is 12.5 Å². The summed E-state index contributed by atoms with van der Waals surface area (Å²) in [4.78, 5) is 11.9. The summed E-state index contributed by atoms with van der Waals surface area (Å²) in [6.07, 6.45) is 0. The van der Waals surface area contributed by atoms with Gasteiger partial charge in [-0.05, 0) is 40.9 Å². The van der Waals surface area contributed by atoms with E-state index in [4.69, 9.17) is 16.3 Å². The first-order chi connectivity index (χ1) is 9.16. The minimum Gasteiger partial charge on any atom is -0.489 e. The average molecular weight is 338 g/mol. The Morgan fingerprint density at radius 1 is 1.21 bits per heavy atom. The second kappa shape index (κ2) is 4.99. The highest BCUT2D eigenvalue weighted by molar-refractivity contribution is 9.10. The standard InChI is InChI=1S/C15H10BrClO2/c16-10-5-6-13-12(7-10)14(15(17)18)11-4-2-1-3-9(11)8-19-13/h1-7,14H,8H2/t14-/m0/s1. The molecule has 0 aromatic heterocycles. The van der Waals surface area contributed by atoms with E-state index in [1.807, 2.05) is 42.5 Å². The van der Waals surface area contributed by atoms with E-state index < -0.39 is 11.2 Å². The van der Waals surface area contributed by atoms with E-state index in [-0.39, 0.29) is 0 Å². The molecule has 1 aliphatic heterocycles. The maximum absolute atomic E-state index is 11.9. The maximum Gasteiger partial charge on any atom is 0.233 e. The zero-order valence-electron chi connectivity index (χ0n) is 9.90. The number of rotatable bonds is 1. The van der Waals surface area contributed by atoms with E-state index in [1.165, 1.54) is 0 Å². The van der Waals surface area contributed by atoms with Gasteiger partial charge in [0.2, 0.25) is 5.24 Å². The van der Waals surface area contributed by atoms with Gasteiger partial charge in [0.25, 0.3) is 0 Å². The third kappa shape index (κ3) is 2.28. The Kier molecular flexibility index (Phi) is 3.33. The minimum atomic E-state index is -0.479. The van der Waals surface area contributed by atoms with Gasteiger partial charge in [-0.2, -0.15) is 0 Å². The molecular weight excluding hydrogens is 328 g/mol. The van der Waals surface area contributed by atoms with Gasteiger partial charge in [-0.15, -0.1) is 0 Å². The Balaban J connectivity index is 2.25. The normalized spacial score (nSPS) is 16.8. The van der Waals surface area contributed by atoms with Crippen LogP contribution in [0.25, 0.3) is 0 Å². The topological polar surface area (TPSA) is 26.3 Å². The molecule has 1 aliphatic rings. The molecule has 0 unspecified atom stereocenters. The van der Waals surface area contributed by atoms with Crippen molar-refractivity contribution >= 4 is 32.8 Å². The van der Waals surface area contributed by atoms with E-state index in [9.17, 15) is 4.79 Å². The second-order valence-corrected chi connectivity index (χ2v) is 5.69. The molecule has 2 nitrogen and oxygen atoms in total. The summed E-state index contributed by atoms with van der Waals surface area (Å²) in [5, 5.41) is -0.391. The molecule has 4 heteroatoms. The van der Waals surface area contributed by atoms with Gasteiger partial charge in [-0.25, -0.2) is 0 Å². The smallest absolute Gasteiger partial charge is 0.233 e. The lowest BCUT2D eigenvalue weighted by atomic mass is 9.89. The number of fused-ring (bicyclic) bond motifs is 2. The van der Waals surface area contributed by atoms with Crippen molar-refractivity contribution < 1.29 is 9.53 Å². The Hall–Kier alpha value is -1.32. The van der Waals surface area contributed by atoms with Crippen molar-refractivity contribution in [3.63, 3.8) is 0 Å². The number of carbonyl (C=O) groups is 1. The van der Waals surface area contributed by atoms with Gasteiger partial charge in [-0.1, -0.05) is 40.2 Å². The van der Waals surface area contributed by atoms with Crippen molar-refractivity contribution in [3.8, 4) is 5.75 Å². The number of hydrogen-bond acceptors (Lipinski definition) is 2. The first-order valence-corrected chi connectivity index (χ1v) is 7.03. The molecule has 0 saturated carbocycles. The van der Waals surface area contributed by atoms with Crippen LogP contribution in [0.15, 0.2) is 46.9 Å². The predicted molar refractivity (Wildman–Crippen MR) is 77.6 cm³/mol. The van der Waals surface area contributed by atoms with Crippen molar-refractivity contribution in [1.29, 1.82) is 0 Å². The molecule has 0 saturated heterocycles. The molecule has 3 rings (SSSR count). The lowest BCUT2D eigenvalue weighted by Crippen LogP contribution is -2.09. The summed E-state index contributed by atoms with van der Waals surface area (Å²) >= 11 is 9.25. The monoisotopic (exact) mass is 336 g/mol. The third-order valence-corrected chi connectivity index (χ3v) is 3.97. The quantitative estimate of drug-likeness (QED) is 0.728. The third-order valence-electron chi connectivity index (χ3n) is 3.26. The summed E-state index contributed by atoms with van der Waals surface area (Å²) in [5.74, 6) is 0.228. The molecule has 0 N–H and O–H groups in total. The fraction of sp³-hybridized carbons (Fsp3) is 0.133. The molecule has 1 atom stereocenters. The average Bonchev–Trinajstić information content (AvgIpc) is 2.54. The van der Waals surface area contributed by atoms with Gasteiger partial charge in [-0.3, -0.25) is 4.79 Å². The Morgan fingerprint density at radius 3 is 2.79 bits per heavy atom. The van der Waals surface area contributed by atoms with Crippen LogP contribution in [-0.2, 0) is 11.4 Å². The number of benzene rings is 2. The first kappa shape index (κ1) is 12.7. The van der Waals surface area contributed by atoms with E-state index in [0.29, 0.717) is 12.4 Å². The first-order valence-electron chi connectivity index (χ1n) is 5.86. The highest BCUT2D eigenvalue weighted by Gasteiger charge is 2.29. The lowest BCUT2D eigenvalue weighted by Gasteiger charge is -2.15. The van der Waals surface area contributed by atoms with Crippen molar-refractivity contribution in [2.24, 2.45) is 0 Å². The van der Waals surface area contributed by atoms with E-state index in [1.54, 1.807) is 0 Å². The summed E-state index contributed by atoms with van der Waals surface area (Å²) in [5.41, 5.74) is 2.72. The van der Waals surface area contributed by atoms with Crippen LogP contribution in [0.2, 0.25) is 0 Å². The number of hydrogen-bond donors (Lipinski definition) is 0. The van der Waals surface area contributed by atoms with Crippen LogP contribution in [0.1, 0.15) is 22.6 Å². The van der Waals surface area contributed by atoms with Crippen LogP contribution >= 0.6 is 27.5 Å². The summed E-state index contributed by atoms with van der Waals surface area (Å²) < 4.78 is 6.68. The highest BCUT2D eigenvalue weighted by Crippen LogP contribution is 2.39. The SMILES string of the molecule is O=C(Cl)[C@H]1c2ccccc2COc2ccc(Br)cc21. The fourth-order valence-corrected chi connectivity index (χ4v) is 3.01. The molecule has 2 aromatic rings. The molecule has 2 aromatic carbocycles. The Labute approximate surface area is 124 Å². The molecule has 1 heterocycles. The van der Waals surface area contributed by atoms with Crippen molar-refractivity contribution in [2.75, 3.05) is 0 Å². The highest BCUT2D eigenvalue weighted by atomic mass is 79.9. The zero-order valence-corrected chi connectivity index (χ0v) is 12.2. The number of halogens is 2. The van der Waals surface area contributed by atoms with E-state index >= 15 is 0 Å². The lowest BCUT2D eigenvalue weighted by molar-refractivity contribution is -0.112. The van der Waals surface area contributed by atoms with E-state index in [0.717, 1.165) is 21.2 Å². The van der Waals surface area contributed by atoms with Gasteiger partial charge in [0.05, 0.1) is 5.92 Å². The minimum absolute atomic E-state index is 0.391. The van der Waals surface area contributed by atoms with Crippen LogP contribution in [-0.4, -0.2) is 5.24 Å². The number of carbonyl (C=O) groups excluding carboxylic acids is 1. The summed E-state index contributed by atoms with van der Waals surface area (Å²) in [7, 11) is 0.